The summed E-state index contributed by atoms with van der Waals surface area (Å²) in [6.07, 6.45) is -0.0463. The van der Waals surface area contributed by atoms with Crippen molar-refractivity contribution >= 4 is 46.7 Å². The molecule has 0 N–H and O–H groups in total. The molecule has 0 aliphatic heterocycles. The van der Waals surface area contributed by atoms with Crippen LogP contribution in [0.1, 0.15) is 24.1 Å². The van der Waals surface area contributed by atoms with Crippen molar-refractivity contribution in [3.05, 3.63) is 68.7 Å². The van der Waals surface area contributed by atoms with E-state index in [0.29, 0.717) is 26.2 Å². The Labute approximate surface area is 167 Å². The van der Waals surface area contributed by atoms with Crippen LogP contribution in [0.5, 0.6) is 0 Å². The van der Waals surface area contributed by atoms with Gasteiger partial charge in [-0.1, -0.05) is 59.1 Å². The third-order valence-electron chi connectivity index (χ3n) is 3.88. The van der Waals surface area contributed by atoms with Gasteiger partial charge in [0.15, 0.2) is 6.04 Å². The Morgan fingerprint density at radius 1 is 1.00 bits per heavy atom. The number of amides is 1. The van der Waals surface area contributed by atoms with Gasteiger partial charge >= 0.3 is 5.97 Å². The smallest absolute Gasteiger partial charge is 0.333 e. The molecule has 0 aliphatic rings. The summed E-state index contributed by atoms with van der Waals surface area (Å²) in [7, 11) is 1.53. The lowest BCUT2D eigenvalue weighted by atomic mass is 10.0. The molecule has 0 heterocycles. The van der Waals surface area contributed by atoms with Crippen LogP contribution in [0, 0.1) is 0 Å². The molecule has 0 saturated heterocycles. The molecule has 0 spiro atoms. The number of esters is 1. The van der Waals surface area contributed by atoms with Crippen LogP contribution in [0.3, 0.4) is 0 Å². The molecule has 1 atom stereocenters. The summed E-state index contributed by atoms with van der Waals surface area (Å²) in [4.78, 5) is 26.6. The van der Waals surface area contributed by atoms with Gasteiger partial charge in [-0.25, -0.2) is 4.79 Å². The maximum absolute atomic E-state index is 12.8. The van der Waals surface area contributed by atoms with Gasteiger partial charge in [-0.15, -0.1) is 0 Å². The zero-order valence-electron chi connectivity index (χ0n) is 14.3. The number of nitrogens with zero attached hydrogens (tertiary/aromatic N) is 1. The molecule has 7 heteroatoms. The average molecular weight is 415 g/mol. The van der Waals surface area contributed by atoms with E-state index in [9.17, 15) is 9.59 Å². The second-order valence-corrected chi connectivity index (χ2v) is 6.78. The minimum Gasteiger partial charge on any atom is -0.464 e. The Kier molecular flexibility index (Phi) is 7.33. The van der Waals surface area contributed by atoms with E-state index in [1.54, 1.807) is 49.4 Å². The van der Waals surface area contributed by atoms with Crippen LogP contribution < -0.4 is 0 Å². The summed E-state index contributed by atoms with van der Waals surface area (Å²) in [6, 6.07) is 10.9. The topological polar surface area (TPSA) is 46.6 Å². The molecule has 1 amide bonds. The molecule has 2 aromatic rings. The first-order valence-corrected chi connectivity index (χ1v) is 9.09. The summed E-state index contributed by atoms with van der Waals surface area (Å²) in [6.45, 7) is 1.89. The highest BCUT2D eigenvalue weighted by Crippen LogP contribution is 2.30. The van der Waals surface area contributed by atoms with Crippen LogP contribution >= 0.6 is 34.8 Å². The Hall–Kier alpha value is -1.75. The van der Waals surface area contributed by atoms with E-state index in [0.717, 1.165) is 0 Å². The first-order chi connectivity index (χ1) is 12.4. The predicted molar refractivity (Wildman–Crippen MR) is 104 cm³/mol. The molecule has 0 aliphatic carbocycles. The molecule has 0 radical (unpaired) electrons. The molecule has 2 rings (SSSR count). The lowest BCUT2D eigenvalue weighted by Gasteiger charge is -2.27. The number of ether oxygens (including phenoxy) is 1. The lowest BCUT2D eigenvalue weighted by Crippen LogP contribution is -2.38. The summed E-state index contributed by atoms with van der Waals surface area (Å²) >= 11 is 18.5. The number of rotatable bonds is 6. The Balaban J connectivity index is 2.34. The van der Waals surface area contributed by atoms with Crippen LogP contribution in [-0.2, 0) is 20.7 Å². The fraction of sp³-hybridized carbons (Fsp3) is 0.263. The summed E-state index contributed by atoms with van der Waals surface area (Å²) in [5.41, 5.74) is 1.00. The van der Waals surface area contributed by atoms with E-state index in [-0.39, 0.29) is 18.9 Å². The van der Waals surface area contributed by atoms with Gasteiger partial charge in [0, 0.05) is 27.7 Å². The number of likely N-dealkylation sites (N-methyl/N-ethyl adjacent to an activating group) is 1. The van der Waals surface area contributed by atoms with E-state index >= 15 is 0 Å². The normalized spacial score (nSPS) is 11.7. The minimum atomic E-state index is -0.961. The SMILES string of the molecule is CCOC(=O)C(c1ccccc1Cl)N(C)C(=O)Cc1c(Cl)cccc1Cl. The third-order valence-corrected chi connectivity index (χ3v) is 4.93. The quantitative estimate of drug-likeness (QED) is 0.628. The van der Waals surface area contributed by atoms with Crippen molar-refractivity contribution in [1.82, 2.24) is 4.90 Å². The van der Waals surface area contributed by atoms with Gasteiger partial charge in [0.25, 0.3) is 0 Å². The van der Waals surface area contributed by atoms with Crippen molar-refractivity contribution in [2.45, 2.75) is 19.4 Å². The van der Waals surface area contributed by atoms with Crippen LogP contribution in [0.15, 0.2) is 42.5 Å². The van der Waals surface area contributed by atoms with Crippen molar-refractivity contribution in [2.75, 3.05) is 13.7 Å². The molecule has 0 bridgehead atoms. The average Bonchev–Trinajstić information content (AvgIpc) is 2.60. The molecule has 2 aromatic carbocycles. The van der Waals surface area contributed by atoms with Gasteiger partial charge in [0.1, 0.15) is 0 Å². The number of carbonyl (C=O) groups excluding carboxylic acids is 2. The maximum atomic E-state index is 12.8. The molecule has 0 aromatic heterocycles. The van der Waals surface area contributed by atoms with E-state index in [4.69, 9.17) is 39.5 Å². The predicted octanol–water partition coefficient (Wildman–Crippen LogP) is 4.95. The number of halogens is 3. The van der Waals surface area contributed by atoms with E-state index < -0.39 is 12.0 Å². The van der Waals surface area contributed by atoms with E-state index in [2.05, 4.69) is 0 Å². The molecule has 1 unspecified atom stereocenters. The standard InChI is InChI=1S/C19H18Cl3NO3/c1-3-26-19(25)18(12-7-4-5-8-14(12)20)23(2)17(24)11-13-15(21)9-6-10-16(13)22/h4-10,18H,3,11H2,1-2H3. The first kappa shape index (κ1) is 20.6. The fourth-order valence-corrected chi connectivity index (χ4v) is 3.30. The molecule has 0 fully saturated rings. The number of hydrogen-bond acceptors (Lipinski definition) is 3. The maximum Gasteiger partial charge on any atom is 0.333 e. The zero-order valence-corrected chi connectivity index (χ0v) is 16.6. The van der Waals surface area contributed by atoms with Gasteiger partial charge in [-0.05, 0) is 30.7 Å². The van der Waals surface area contributed by atoms with Crippen LogP contribution in [0.2, 0.25) is 15.1 Å². The van der Waals surface area contributed by atoms with E-state index in [1.807, 2.05) is 0 Å². The summed E-state index contributed by atoms with van der Waals surface area (Å²) < 4.78 is 5.14. The number of carbonyl (C=O) groups is 2. The third kappa shape index (κ3) is 4.70. The highest BCUT2D eigenvalue weighted by molar-refractivity contribution is 6.36. The van der Waals surface area contributed by atoms with Crippen molar-refractivity contribution in [3.63, 3.8) is 0 Å². The monoisotopic (exact) mass is 413 g/mol. The van der Waals surface area contributed by atoms with Crippen molar-refractivity contribution in [2.24, 2.45) is 0 Å². The second-order valence-electron chi connectivity index (χ2n) is 5.56. The van der Waals surface area contributed by atoms with E-state index in [1.165, 1.54) is 11.9 Å². The largest absolute Gasteiger partial charge is 0.464 e. The molecule has 4 nitrogen and oxygen atoms in total. The van der Waals surface area contributed by atoms with Crippen LogP contribution in [0.4, 0.5) is 0 Å². The van der Waals surface area contributed by atoms with Gasteiger partial charge in [0.2, 0.25) is 5.91 Å². The van der Waals surface area contributed by atoms with Crippen molar-refractivity contribution in [1.29, 1.82) is 0 Å². The van der Waals surface area contributed by atoms with Gasteiger partial charge in [-0.2, -0.15) is 0 Å². The summed E-state index contributed by atoms with van der Waals surface area (Å²) in [5, 5.41) is 1.16. The zero-order chi connectivity index (χ0) is 19.3. The second kappa shape index (κ2) is 9.26. The van der Waals surface area contributed by atoms with Gasteiger partial charge in [0.05, 0.1) is 13.0 Å². The molecular formula is C19H18Cl3NO3. The highest BCUT2D eigenvalue weighted by Gasteiger charge is 2.31. The van der Waals surface area contributed by atoms with Gasteiger partial charge in [-0.3, -0.25) is 4.79 Å². The minimum absolute atomic E-state index is 0.0463. The first-order valence-electron chi connectivity index (χ1n) is 7.96. The Morgan fingerprint density at radius 2 is 1.58 bits per heavy atom. The lowest BCUT2D eigenvalue weighted by molar-refractivity contribution is -0.154. The van der Waals surface area contributed by atoms with Crippen LogP contribution in [-0.4, -0.2) is 30.4 Å². The number of hydrogen-bond donors (Lipinski definition) is 0. The molecular weight excluding hydrogens is 397 g/mol. The van der Waals surface area contributed by atoms with Crippen molar-refractivity contribution in [3.8, 4) is 0 Å². The molecule has 0 saturated carbocycles. The van der Waals surface area contributed by atoms with Crippen LogP contribution in [0.25, 0.3) is 0 Å². The fourth-order valence-electron chi connectivity index (χ4n) is 2.53. The number of benzene rings is 2. The van der Waals surface area contributed by atoms with Crippen molar-refractivity contribution < 1.29 is 14.3 Å². The summed E-state index contributed by atoms with van der Waals surface area (Å²) in [5.74, 6) is -0.889. The highest BCUT2D eigenvalue weighted by atomic mass is 35.5. The molecule has 138 valence electrons. The van der Waals surface area contributed by atoms with Gasteiger partial charge < -0.3 is 9.64 Å². The Morgan fingerprint density at radius 3 is 2.15 bits per heavy atom. The molecule has 26 heavy (non-hydrogen) atoms. The Bertz CT molecular complexity index is 790.